The van der Waals surface area contributed by atoms with Gasteiger partial charge in [-0.15, -0.1) is 0 Å². The van der Waals surface area contributed by atoms with Gasteiger partial charge in [-0.2, -0.15) is 0 Å². The summed E-state index contributed by atoms with van der Waals surface area (Å²) in [6, 6.07) is 0. The van der Waals surface area contributed by atoms with Crippen LogP contribution in [0.3, 0.4) is 0 Å². The third kappa shape index (κ3) is 66.6. The zero-order valence-electron chi connectivity index (χ0n) is 53.7. The van der Waals surface area contributed by atoms with Gasteiger partial charge in [-0.3, -0.25) is 14.4 Å². The Morgan fingerprint density at radius 1 is 0.256 bits per heavy atom. The highest BCUT2D eigenvalue weighted by Crippen LogP contribution is 2.16. The van der Waals surface area contributed by atoms with E-state index in [1.165, 1.54) is 161 Å². The molecule has 0 radical (unpaired) electrons. The van der Waals surface area contributed by atoms with E-state index in [-0.39, 0.29) is 37.5 Å². The van der Waals surface area contributed by atoms with Crippen LogP contribution >= 0.6 is 0 Å². The standard InChI is InChI=1S/C76H128O6/c1-4-7-10-13-16-19-22-25-28-30-32-34-36-37-38-39-41-42-44-46-48-51-54-57-60-63-66-69-75(78)81-72-73(71-80-74(77)68-65-62-59-56-53-50-27-24-21-18-15-12-9-6-3)82-76(79)70-67-64-61-58-55-52-49-47-45-43-40-35-33-31-29-26-23-20-17-14-11-8-5-2/h8,11,15,17-18,20,24,26-27,29-30,32-33,35,43,45,49,52,58,61,73H,4-7,9-10,12-14,16,19,21-23,25,28,31,34,36-42,44,46-48,50-51,53-57,59-60,62-72H2,1-3H3/b11-8-,18-15-,20-17-,27-24-,29-26-,32-30-,35-33-,45-43-,52-49-,61-58-. The quantitative estimate of drug-likeness (QED) is 0.0261. The van der Waals surface area contributed by atoms with Crippen molar-refractivity contribution in [1.29, 1.82) is 0 Å². The van der Waals surface area contributed by atoms with Gasteiger partial charge in [0.1, 0.15) is 13.2 Å². The Morgan fingerprint density at radius 3 is 0.829 bits per heavy atom. The van der Waals surface area contributed by atoms with Gasteiger partial charge in [0.15, 0.2) is 6.10 Å². The molecule has 0 saturated heterocycles. The Hall–Kier alpha value is -4.19. The molecule has 0 aromatic heterocycles. The van der Waals surface area contributed by atoms with Gasteiger partial charge in [0.25, 0.3) is 0 Å². The number of hydrogen-bond acceptors (Lipinski definition) is 6. The van der Waals surface area contributed by atoms with Gasteiger partial charge in [0, 0.05) is 19.3 Å². The predicted octanol–water partition coefficient (Wildman–Crippen LogP) is 23.9. The van der Waals surface area contributed by atoms with Gasteiger partial charge in [-0.05, 0) is 122 Å². The molecular formula is C76H128O6. The predicted molar refractivity (Wildman–Crippen MR) is 357 cm³/mol. The fraction of sp³-hybridized carbons (Fsp3) is 0.697. The van der Waals surface area contributed by atoms with Gasteiger partial charge in [-0.25, -0.2) is 0 Å². The van der Waals surface area contributed by atoms with E-state index in [1.807, 2.05) is 0 Å². The first-order valence-corrected chi connectivity index (χ1v) is 34.5. The van der Waals surface area contributed by atoms with Crippen LogP contribution in [0, 0.1) is 0 Å². The topological polar surface area (TPSA) is 78.9 Å². The minimum atomic E-state index is -0.819. The number of unbranched alkanes of at least 4 members (excludes halogenated alkanes) is 31. The van der Waals surface area contributed by atoms with Crippen molar-refractivity contribution in [2.75, 3.05) is 13.2 Å². The Balaban J connectivity index is 4.39. The number of esters is 3. The molecule has 0 aromatic carbocycles. The van der Waals surface area contributed by atoms with Gasteiger partial charge in [0.2, 0.25) is 0 Å². The second-order valence-corrected chi connectivity index (χ2v) is 22.7. The Kier molecular flexibility index (Phi) is 65.8. The summed E-state index contributed by atoms with van der Waals surface area (Å²) in [7, 11) is 0. The van der Waals surface area contributed by atoms with Crippen molar-refractivity contribution in [1.82, 2.24) is 0 Å². The maximum Gasteiger partial charge on any atom is 0.306 e. The second kappa shape index (κ2) is 69.3. The number of ether oxygens (including phenoxy) is 3. The summed E-state index contributed by atoms with van der Waals surface area (Å²) in [6.45, 7) is 6.45. The molecule has 1 unspecified atom stereocenters. The maximum atomic E-state index is 12.9. The van der Waals surface area contributed by atoms with E-state index in [4.69, 9.17) is 14.2 Å². The molecule has 0 spiro atoms. The largest absolute Gasteiger partial charge is 0.462 e. The van der Waals surface area contributed by atoms with E-state index >= 15 is 0 Å². The van der Waals surface area contributed by atoms with Gasteiger partial charge in [0.05, 0.1) is 0 Å². The summed E-state index contributed by atoms with van der Waals surface area (Å²) < 4.78 is 16.9. The number of allylic oxidation sites excluding steroid dienone is 20. The lowest BCUT2D eigenvalue weighted by atomic mass is 10.0. The number of carbonyl (C=O) groups excluding carboxylic acids is 3. The molecule has 0 rings (SSSR count). The van der Waals surface area contributed by atoms with Crippen molar-refractivity contribution in [3.05, 3.63) is 122 Å². The van der Waals surface area contributed by atoms with E-state index in [1.54, 1.807) is 0 Å². The minimum absolute atomic E-state index is 0.107. The molecule has 0 aliphatic carbocycles. The highest BCUT2D eigenvalue weighted by atomic mass is 16.6. The van der Waals surface area contributed by atoms with E-state index in [0.29, 0.717) is 19.3 Å². The van der Waals surface area contributed by atoms with Crippen LogP contribution in [0.1, 0.15) is 323 Å². The van der Waals surface area contributed by atoms with Crippen molar-refractivity contribution < 1.29 is 28.6 Å². The first-order valence-electron chi connectivity index (χ1n) is 34.5. The van der Waals surface area contributed by atoms with Crippen molar-refractivity contribution in [2.45, 2.75) is 329 Å². The molecule has 6 nitrogen and oxygen atoms in total. The lowest BCUT2D eigenvalue weighted by Gasteiger charge is -2.18. The summed E-state index contributed by atoms with van der Waals surface area (Å²) in [5, 5.41) is 0. The second-order valence-electron chi connectivity index (χ2n) is 22.7. The number of hydrogen-bond donors (Lipinski definition) is 0. The van der Waals surface area contributed by atoms with Crippen LogP contribution in [-0.4, -0.2) is 37.2 Å². The molecule has 0 amide bonds. The molecule has 0 aliphatic rings. The van der Waals surface area contributed by atoms with Crippen molar-refractivity contribution in [2.24, 2.45) is 0 Å². The molecule has 0 bridgehead atoms. The molecule has 1 atom stereocenters. The minimum Gasteiger partial charge on any atom is -0.462 e. The molecule has 468 valence electrons. The lowest BCUT2D eigenvalue weighted by molar-refractivity contribution is -0.167. The fourth-order valence-electron chi connectivity index (χ4n) is 9.50. The highest BCUT2D eigenvalue weighted by Gasteiger charge is 2.19. The average Bonchev–Trinajstić information content (AvgIpc) is 3.47. The van der Waals surface area contributed by atoms with Crippen molar-refractivity contribution >= 4 is 17.9 Å². The average molecular weight is 1140 g/mol. The SMILES string of the molecule is CC/C=C\C/C=C\C/C=C\C/C=C\C/C=C\C/C=C\C/C=C\CCCC(=O)OC(COC(=O)CCCCCCC/C=C\C/C=C\CCCC)COC(=O)CCCCCCCCCCCCCCCCC/C=C\CCCCCCCCCC. The molecule has 0 aliphatic heterocycles. The van der Waals surface area contributed by atoms with Crippen LogP contribution < -0.4 is 0 Å². The summed E-state index contributed by atoms with van der Waals surface area (Å²) in [6.07, 6.45) is 96.6. The lowest BCUT2D eigenvalue weighted by Crippen LogP contribution is -2.30. The molecule has 0 N–H and O–H groups in total. The molecule has 0 aromatic rings. The van der Waals surface area contributed by atoms with Crippen molar-refractivity contribution in [3.8, 4) is 0 Å². The third-order valence-corrected chi connectivity index (χ3v) is 14.7. The molecule has 0 heterocycles. The Labute approximate surface area is 507 Å². The number of carbonyl (C=O) groups is 3. The maximum absolute atomic E-state index is 12.9. The van der Waals surface area contributed by atoms with Crippen LogP contribution in [0.15, 0.2) is 122 Å². The molecule has 6 heteroatoms. The summed E-state index contributed by atoms with van der Waals surface area (Å²) >= 11 is 0. The van der Waals surface area contributed by atoms with Gasteiger partial charge >= 0.3 is 17.9 Å². The summed E-state index contributed by atoms with van der Waals surface area (Å²) in [4.78, 5) is 38.4. The normalized spacial score (nSPS) is 12.9. The van der Waals surface area contributed by atoms with Gasteiger partial charge < -0.3 is 14.2 Å². The zero-order valence-corrected chi connectivity index (χ0v) is 53.7. The first-order chi connectivity index (χ1) is 40.5. The smallest absolute Gasteiger partial charge is 0.306 e. The zero-order chi connectivity index (χ0) is 59.2. The number of rotatable bonds is 62. The van der Waals surface area contributed by atoms with E-state index in [2.05, 4.69) is 142 Å². The Bertz CT molecular complexity index is 1690. The van der Waals surface area contributed by atoms with Gasteiger partial charge in [-0.1, -0.05) is 303 Å². The van der Waals surface area contributed by atoms with E-state index in [0.717, 1.165) is 116 Å². The molecule has 0 fully saturated rings. The summed E-state index contributed by atoms with van der Waals surface area (Å²) in [5.74, 6) is -0.973. The monoisotopic (exact) mass is 1140 g/mol. The first kappa shape index (κ1) is 77.8. The summed E-state index contributed by atoms with van der Waals surface area (Å²) in [5.41, 5.74) is 0. The fourth-order valence-corrected chi connectivity index (χ4v) is 9.50. The van der Waals surface area contributed by atoms with E-state index in [9.17, 15) is 14.4 Å². The van der Waals surface area contributed by atoms with Crippen LogP contribution in [0.25, 0.3) is 0 Å². The molecule has 0 saturated carbocycles. The third-order valence-electron chi connectivity index (χ3n) is 14.7. The van der Waals surface area contributed by atoms with Crippen molar-refractivity contribution in [3.63, 3.8) is 0 Å². The van der Waals surface area contributed by atoms with Crippen LogP contribution in [0.4, 0.5) is 0 Å². The Morgan fingerprint density at radius 2 is 0.500 bits per heavy atom. The van der Waals surface area contributed by atoms with E-state index < -0.39 is 6.10 Å². The van der Waals surface area contributed by atoms with Crippen LogP contribution in [0.2, 0.25) is 0 Å². The van der Waals surface area contributed by atoms with Crippen LogP contribution in [0.5, 0.6) is 0 Å². The van der Waals surface area contributed by atoms with Crippen LogP contribution in [-0.2, 0) is 28.6 Å². The molecule has 82 heavy (non-hydrogen) atoms. The highest BCUT2D eigenvalue weighted by molar-refractivity contribution is 5.71. The molecular weight excluding hydrogens is 1010 g/mol.